The summed E-state index contributed by atoms with van der Waals surface area (Å²) < 4.78 is 17.5. The van der Waals surface area contributed by atoms with E-state index < -0.39 is 11.1 Å². The summed E-state index contributed by atoms with van der Waals surface area (Å²) >= 11 is 0. The number of benzene rings is 1. The third-order valence-corrected chi connectivity index (χ3v) is 7.87. The summed E-state index contributed by atoms with van der Waals surface area (Å²) in [6.07, 6.45) is 4.31. The molecule has 1 unspecified atom stereocenters. The number of rotatable bonds is 7. The number of hydrogen-bond donors (Lipinski definition) is 0. The smallest absolute Gasteiger partial charge is 0.411 e. The minimum Gasteiger partial charge on any atom is -0.492 e. The number of likely N-dealkylation sites (tertiary alicyclic amines) is 1. The van der Waals surface area contributed by atoms with Crippen molar-refractivity contribution >= 4 is 12.0 Å². The van der Waals surface area contributed by atoms with Gasteiger partial charge in [-0.2, -0.15) is 0 Å². The van der Waals surface area contributed by atoms with Crippen LogP contribution in [0, 0.1) is 0 Å². The van der Waals surface area contributed by atoms with Gasteiger partial charge in [0.1, 0.15) is 23.5 Å². The number of pyridine rings is 1. The highest BCUT2D eigenvalue weighted by molar-refractivity contribution is 5.79. The van der Waals surface area contributed by atoms with Gasteiger partial charge in [0, 0.05) is 51.4 Å². The summed E-state index contributed by atoms with van der Waals surface area (Å²) in [4.78, 5) is 36.5. The van der Waals surface area contributed by atoms with Crippen LogP contribution < -0.4 is 4.74 Å². The maximum Gasteiger partial charge on any atom is 0.411 e. The van der Waals surface area contributed by atoms with Gasteiger partial charge >= 0.3 is 6.09 Å². The quantitative estimate of drug-likeness (QED) is 0.585. The average Bonchev–Trinajstić information content (AvgIpc) is 3.12. The molecule has 0 aliphatic carbocycles. The molecule has 3 aliphatic heterocycles. The SMILES string of the molecule is CC1(c2cccnc2)N(CCOc2ccccc2)C(=O)OC12CCN(C(=O)CN1CCOCC1)CC2. The van der Waals surface area contributed by atoms with Gasteiger partial charge in [-0.15, -0.1) is 0 Å². The van der Waals surface area contributed by atoms with Crippen LogP contribution in [0.2, 0.25) is 0 Å². The van der Waals surface area contributed by atoms with Crippen LogP contribution in [0.5, 0.6) is 5.75 Å². The molecule has 1 spiro atoms. The Morgan fingerprint density at radius 1 is 1.06 bits per heavy atom. The molecule has 2 aromatic rings. The van der Waals surface area contributed by atoms with E-state index in [0.717, 1.165) is 24.4 Å². The van der Waals surface area contributed by atoms with Gasteiger partial charge in [0.05, 0.1) is 26.3 Å². The third kappa shape index (κ3) is 4.65. The molecule has 0 bridgehead atoms. The first-order valence-corrected chi connectivity index (χ1v) is 12.7. The highest BCUT2D eigenvalue weighted by Gasteiger charge is 2.64. The Hall–Kier alpha value is -3.17. The summed E-state index contributed by atoms with van der Waals surface area (Å²) in [5.41, 5.74) is -0.573. The molecule has 36 heavy (non-hydrogen) atoms. The first-order valence-electron chi connectivity index (χ1n) is 12.7. The van der Waals surface area contributed by atoms with Gasteiger partial charge in [-0.25, -0.2) is 4.79 Å². The number of nitrogens with zero attached hydrogens (tertiary/aromatic N) is 4. The van der Waals surface area contributed by atoms with Gasteiger partial charge in [-0.1, -0.05) is 24.3 Å². The van der Waals surface area contributed by atoms with Gasteiger partial charge < -0.3 is 19.1 Å². The number of aromatic nitrogens is 1. The van der Waals surface area contributed by atoms with Crippen LogP contribution in [-0.4, -0.2) is 96.4 Å². The molecule has 3 aliphatic rings. The van der Waals surface area contributed by atoms with E-state index in [2.05, 4.69) is 16.8 Å². The predicted octanol–water partition coefficient (Wildman–Crippen LogP) is 2.52. The van der Waals surface area contributed by atoms with Crippen LogP contribution in [0.4, 0.5) is 4.79 Å². The zero-order valence-corrected chi connectivity index (χ0v) is 20.8. The zero-order chi connectivity index (χ0) is 25.0. The molecule has 5 rings (SSSR count). The molecule has 1 aromatic carbocycles. The summed E-state index contributed by atoms with van der Waals surface area (Å²) in [6.45, 7) is 7.15. The van der Waals surface area contributed by atoms with Crippen LogP contribution in [0.25, 0.3) is 0 Å². The van der Waals surface area contributed by atoms with Gasteiger partial charge in [0.2, 0.25) is 5.91 Å². The molecule has 0 saturated carbocycles. The van der Waals surface area contributed by atoms with Crippen molar-refractivity contribution in [2.75, 3.05) is 59.1 Å². The van der Waals surface area contributed by atoms with Crippen LogP contribution in [0.3, 0.4) is 0 Å². The predicted molar refractivity (Wildman–Crippen MR) is 133 cm³/mol. The molecule has 1 aromatic heterocycles. The van der Waals surface area contributed by atoms with Gasteiger partial charge in [0.15, 0.2) is 0 Å². The number of ether oxygens (including phenoxy) is 3. The number of amides is 2. The Labute approximate surface area is 211 Å². The lowest BCUT2D eigenvalue weighted by Gasteiger charge is -2.48. The van der Waals surface area contributed by atoms with E-state index in [9.17, 15) is 9.59 Å². The third-order valence-electron chi connectivity index (χ3n) is 7.87. The molecular weight excluding hydrogens is 460 g/mol. The lowest BCUT2D eigenvalue weighted by molar-refractivity contribution is -0.139. The van der Waals surface area contributed by atoms with Gasteiger partial charge in [-0.3, -0.25) is 19.6 Å². The summed E-state index contributed by atoms with van der Waals surface area (Å²) in [5.74, 6) is 0.877. The Kier molecular flexibility index (Phi) is 7.11. The van der Waals surface area contributed by atoms with E-state index in [1.54, 1.807) is 11.1 Å². The molecule has 0 N–H and O–H groups in total. The number of piperidine rings is 1. The van der Waals surface area contributed by atoms with E-state index in [-0.39, 0.29) is 12.0 Å². The first kappa shape index (κ1) is 24.5. The highest BCUT2D eigenvalue weighted by Crippen LogP contribution is 2.51. The van der Waals surface area contributed by atoms with Crippen molar-refractivity contribution < 1.29 is 23.8 Å². The van der Waals surface area contributed by atoms with Crippen molar-refractivity contribution in [3.63, 3.8) is 0 Å². The van der Waals surface area contributed by atoms with Crippen molar-refractivity contribution in [2.24, 2.45) is 0 Å². The van der Waals surface area contributed by atoms with Crippen LogP contribution in [0.1, 0.15) is 25.3 Å². The van der Waals surface area contributed by atoms with E-state index in [0.29, 0.717) is 58.8 Å². The maximum atomic E-state index is 13.3. The Morgan fingerprint density at radius 2 is 1.81 bits per heavy atom. The average molecular weight is 495 g/mol. The molecule has 1 atom stereocenters. The van der Waals surface area contributed by atoms with E-state index >= 15 is 0 Å². The summed E-state index contributed by atoms with van der Waals surface area (Å²) in [7, 11) is 0. The molecule has 9 heteroatoms. The molecule has 192 valence electrons. The normalized spacial score (nSPS) is 24.1. The number of para-hydroxylation sites is 1. The fourth-order valence-corrected chi connectivity index (χ4v) is 5.66. The second-order valence-electron chi connectivity index (χ2n) is 9.76. The molecular formula is C27H34N4O5. The number of hydrogen-bond acceptors (Lipinski definition) is 7. The minimum atomic E-state index is -0.754. The fraction of sp³-hybridized carbons (Fsp3) is 0.519. The van der Waals surface area contributed by atoms with Crippen LogP contribution in [0.15, 0.2) is 54.9 Å². The Balaban J connectivity index is 1.31. The summed E-state index contributed by atoms with van der Waals surface area (Å²) in [6, 6.07) is 13.5. The van der Waals surface area contributed by atoms with Crippen molar-refractivity contribution in [1.29, 1.82) is 0 Å². The molecule has 3 saturated heterocycles. The van der Waals surface area contributed by atoms with Crippen molar-refractivity contribution in [3.8, 4) is 5.75 Å². The van der Waals surface area contributed by atoms with Crippen molar-refractivity contribution in [2.45, 2.75) is 30.9 Å². The Bertz CT molecular complexity index is 1040. The number of carbonyl (C=O) groups excluding carboxylic acids is 2. The minimum absolute atomic E-state index is 0.118. The van der Waals surface area contributed by atoms with E-state index in [4.69, 9.17) is 14.2 Å². The summed E-state index contributed by atoms with van der Waals surface area (Å²) in [5, 5.41) is 0. The molecule has 3 fully saturated rings. The van der Waals surface area contributed by atoms with Crippen molar-refractivity contribution in [1.82, 2.24) is 19.7 Å². The van der Waals surface area contributed by atoms with Crippen molar-refractivity contribution in [3.05, 3.63) is 60.4 Å². The molecule has 9 nitrogen and oxygen atoms in total. The molecule has 2 amide bonds. The second kappa shape index (κ2) is 10.4. The van der Waals surface area contributed by atoms with E-state index in [1.165, 1.54) is 0 Å². The second-order valence-corrected chi connectivity index (χ2v) is 9.76. The molecule has 0 radical (unpaired) electrons. The number of morpholine rings is 1. The fourth-order valence-electron chi connectivity index (χ4n) is 5.66. The van der Waals surface area contributed by atoms with Gasteiger partial charge in [0.25, 0.3) is 0 Å². The highest BCUT2D eigenvalue weighted by atomic mass is 16.6. The van der Waals surface area contributed by atoms with Crippen LogP contribution in [-0.2, 0) is 19.8 Å². The van der Waals surface area contributed by atoms with Gasteiger partial charge in [-0.05, 0) is 30.7 Å². The monoisotopic (exact) mass is 494 g/mol. The maximum absolute atomic E-state index is 13.3. The Morgan fingerprint density at radius 3 is 2.50 bits per heavy atom. The zero-order valence-electron chi connectivity index (χ0n) is 20.8. The lowest BCUT2D eigenvalue weighted by Crippen LogP contribution is -2.60. The number of carbonyl (C=O) groups is 2. The largest absolute Gasteiger partial charge is 0.492 e. The van der Waals surface area contributed by atoms with Crippen LogP contribution >= 0.6 is 0 Å². The standard InChI is InChI=1S/C27H34N4O5/c1-26(22-6-5-11-28-20-22)27(36-25(33)31(26)16-19-35-23-7-3-2-4-8-23)9-12-30(13-10-27)24(32)21-29-14-17-34-18-15-29/h2-8,11,20H,9-10,12-19,21H2,1H3. The first-order chi connectivity index (χ1) is 17.5. The van der Waals surface area contributed by atoms with E-state index in [1.807, 2.05) is 53.6 Å². The lowest BCUT2D eigenvalue weighted by atomic mass is 9.70. The molecule has 4 heterocycles. The topological polar surface area (TPSA) is 84.4 Å².